The SMILES string of the molecule is CN(c1ccccc1)c1nc(-n2nnc3ccccc32)nc(-n2nnc3ccccc32)n1. The van der Waals surface area contributed by atoms with Gasteiger partial charge >= 0.3 is 0 Å². The molecule has 0 atom stereocenters. The van der Waals surface area contributed by atoms with Crippen LogP contribution in [0.3, 0.4) is 0 Å². The number of nitrogens with zero attached hydrogens (tertiary/aromatic N) is 10. The van der Waals surface area contributed by atoms with Crippen LogP contribution < -0.4 is 4.90 Å². The van der Waals surface area contributed by atoms with Crippen molar-refractivity contribution in [3.8, 4) is 11.9 Å². The van der Waals surface area contributed by atoms with Gasteiger partial charge in [0, 0.05) is 12.7 Å². The standard InChI is InChI=1S/C22H16N10/c1-30(15-9-3-2-4-10-15)20-23-21(31-18-13-7-5-11-16(18)26-28-31)25-22(24-20)32-19-14-8-6-12-17(19)27-29-32/h2-14H,1H3. The lowest BCUT2D eigenvalue weighted by Crippen LogP contribution is -2.18. The molecular weight excluding hydrogens is 404 g/mol. The summed E-state index contributed by atoms with van der Waals surface area (Å²) in [5.74, 6) is 1.11. The fraction of sp³-hybridized carbons (Fsp3) is 0.0455. The van der Waals surface area contributed by atoms with Gasteiger partial charge in [0.1, 0.15) is 11.0 Å². The van der Waals surface area contributed by atoms with Gasteiger partial charge in [0.05, 0.1) is 11.0 Å². The molecule has 3 aromatic heterocycles. The first kappa shape index (κ1) is 18.1. The second-order valence-corrected chi connectivity index (χ2v) is 7.11. The van der Waals surface area contributed by atoms with Crippen LogP contribution in [0.5, 0.6) is 0 Å². The molecule has 10 heteroatoms. The first-order valence-corrected chi connectivity index (χ1v) is 9.94. The molecule has 0 unspecified atom stereocenters. The molecule has 0 N–H and O–H groups in total. The topological polar surface area (TPSA) is 103 Å². The highest BCUT2D eigenvalue weighted by Gasteiger charge is 2.18. The van der Waals surface area contributed by atoms with Gasteiger partial charge < -0.3 is 4.90 Å². The largest absolute Gasteiger partial charge is 0.313 e. The maximum absolute atomic E-state index is 4.69. The maximum atomic E-state index is 4.69. The average Bonchev–Trinajstić information content (AvgIpc) is 3.48. The van der Waals surface area contributed by atoms with E-state index in [0.29, 0.717) is 17.8 Å². The molecule has 6 rings (SSSR count). The summed E-state index contributed by atoms with van der Waals surface area (Å²) in [5.41, 5.74) is 4.02. The highest BCUT2D eigenvalue weighted by Crippen LogP contribution is 2.23. The van der Waals surface area contributed by atoms with Crippen LogP contribution in [0.2, 0.25) is 0 Å². The number of fused-ring (bicyclic) bond motifs is 2. The van der Waals surface area contributed by atoms with Crippen LogP contribution in [0, 0.1) is 0 Å². The van der Waals surface area contributed by atoms with Crippen LogP contribution in [-0.2, 0) is 0 Å². The third-order valence-electron chi connectivity index (χ3n) is 5.13. The summed E-state index contributed by atoms with van der Waals surface area (Å²) in [4.78, 5) is 15.9. The minimum Gasteiger partial charge on any atom is -0.313 e. The first-order valence-electron chi connectivity index (χ1n) is 9.94. The molecule has 0 spiro atoms. The van der Waals surface area contributed by atoms with Crippen LogP contribution >= 0.6 is 0 Å². The minimum atomic E-state index is 0.334. The summed E-state index contributed by atoms with van der Waals surface area (Å²) < 4.78 is 3.20. The molecule has 154 valence electrons. The normalized spacial score (nSPS) is 11.3. The van der Waals surface area contributed by atoms with Crippen LogP contribution in [0.15, 0.2) is 78.9 Å². The number of benzene rings is 3. The van der Waals surface area contributed by atoms with Crippen molar-refractivity contribution in [3.63, 3.8) is 0 Å². The minimum absolute atomic E-state index is 0.334. The van der Waals surface area contributed by atoms with E-state index < -0.39 is 0 Å². The number of para-hydroxylation sites is 3. The quantitative estimate of drug-likeness (QED) is 0.429. The monoisotopic (exact) mass is 420 g/mol. The van der Waals surface area contributed by atoms with Gasteiger partial charge in [0.2, 0.25) is 5.95 Å². The number of hydrogen-bond acceptors (Lipinski definition) is 8. The predicted molar refractivity (Wildman–Crippen MR) is 119 cm³/mol. The lowest BCUT2D eigenvalue weighted by molar-refractivity contribution is 0.721. The van der Waals surface area contributed by atoms with Gasteiger partial charge in [-0.25, -0.2) is 0 Å². The number of rotatable bonds is 4. The van der Waals surface area contributed by atoms with Gasteiger partial charge in [-0.15, -0.1) is 10.2 Å². The summed E-state index contributed by atoms with van der Waals surface area (Å²) >= 11 is 0. The third kappa shape index (κ3) is 2.93. The highest BCUT2D eigenvalue weighted by atomic mass is 15.5. The van der Waals surface area contributed by atoms with Crippen molar-refractivity contribution in [2.75, 3.05) is 11.9 Å². The Balaban J connectivity index is 1.58. The summed E-state index contributed by atoms with van der Waals surface area (Å²) in [6, 6.07) is 25.2. The Bertz CT molecular complexity index is 1460. The molecule has 0 amide bonds. The molecule has 0 aliphatic rings. The molecular formula is C22H16N10. The molecule has 0 aliphatic carbocycles. The zero-order chi connectivity index (χ0) is 21.5. The van der Waals surface area contributed by atoms with Gasteiger partial charge in [-0.05, 0) is 36.4 Å². The van der Waals surface area contributed by atoms with Crippen molar-refractivity contribution in [2.45, 2.75) is 0 Å². The predicted octanol–water partition coefficient (Wildman–Crippen LogP) is 3.11. The molecule has 0 saturated carbocycles. The van der Waals surface area contributed by atoms with E-state index in [4.69, 9.17) is 9.97 Å². The zero-order valence-electron chi connectivity index (χ0n) is 17.0. The molecule has 0 fully saturated rings. The molecule has 32 heavy (non-hydrogen) atoms. The molecule has 0 radical (unpaired) electrons. The van der Waals surface area contributed by atoms with E-state index in [0.717, 1.165) is 27.8 Å². The van der Waals surface area contributed by atoms with E-state index in [9.17, 15) is 0 Å². The van der Waals surface area contributed by atoms with Crippen LogP contribution in [0.4, 0.5) is 11.6 Å². The van der Waals surface area contributed by atoms with Crippen molar-refractivity contribution in [1.29, 1.82) is 0 Å². The van der Waals surface area contributed by atoms with Crippen LogP contribution in [-0.4, -0.2) is 52.0 Å². The second-order valence-electron chi connectivity index (χ2n) is 7.11. The van der Waals surface area contributed by atoms with Crippen molar-refractivity contribution in [3.05, 3.63) is 78.9 Å². The molecule has 3 aromatic carbocycles. The Kier molecular flexibility index (Phi) is 4.07. The number of anilines is 2. The smallest absolute Gasteiger partial charge is 0.259 e. The molecule has 3 heterocycles. The van der Waals surface area contributed by atoms with Gasteiger partial charge in [-0.1, -0.05) is 52.9 Å². The molecule has 0 aliphatic heterocycles. The highest BCUT2D eigenvalue weighted by molar-refractivity contribution is 5.76. The van der Waals surface area contributed by atoms with E-state index in [-0.39, 0.29) is 0 Å². The lowest BCUT2D eigenvalue weighted by atomic mass is 10.3. The van der Waals surface area contributed by atoms with Crippen molar-refractivity contribution < 1.29 is 0 Å². The number of hydrogen-bond donors (Lipinski definition) is 0. The molecule has 10 nitrogen and oxygen atoms in total. The summed E-state index contributed by atoms with van der Waals surface area (Å²) in [6.45, 7) is 0. The fourth-order valence-corrected chi connectivity index (χ4v) is 3.48. The van der Waals surface area contributed by atoms with Crippen LogP contribution in [0.1, 0.15) is 0 Å². The van der Waals surface area contributed by atoms with E-state index in [1.165, 1.54) is 0 Å². The van der Waals surface area contributed by atoms with E-state index in [1.807, 2.05) is 90.8 Å². The molecule has 0 saturated heterocycles. The average molecular weight is 420 g/mol. The molecule has 0 bridgehead atoms. The fourth-order valence-electron chi connectivity index (χ4n) is 3.48. The van der Waals surface area contributed by atoms with Gasteiger partial charge in [-0.2, -0.15) is 24.3 Å². The Morgan fingerprint density at radius 2 is 1.09 bits per heavy atom. The lowest BCUT2D eigenvalue weighted by Gasteiger charge is -2.18. The van der Waals surface area contributed by atoms with E-state index >= 15 is 0 Å². The summed E-state index contributed by atoms with van der Waals surface area (Å²) in [5, 5.41) is 17.0. The summed E-state index contributed by atoms with van der Waals surface area (Å²) in [6.07, 6.45) is 0. The molecule has 6 aromatic rings. The third-order valence-corrected chi connectivity index (χ3v) is 5.13. The van der Waals surface area contributed by atoms with Crippen LogP contribution in [0.25, 0.3) is 34.0 Å². The second kappa shape index (κ2) is 7.20. The van der Waals surface area contributed by atoms with Crippen molar-refractivity contribution in [1.82, 2.24) is 44.9 Å². The van der Waals surface area contributed by atoms with Gasteiger partial charge in [0.25, 0.3) is 11.9 Å². The van der Waals surface area contributed by atoms with Crippen molar-refractivity contribution >= 4 is 33.7 Å². The zero-order valence-corrected chi connectivity index (χ0v) is 17.0. The Labute approximate surface area is 181 Å². The van der Waals surface area contributed by atoms with Gasteiger partial charge in [0.15, 0.2) is 0 Å². The van der Waals surface area contributed by atoms with Crippen molar-refractivity contribution in [2.24, 2.45) is 0 Å². The van der Waals surface area contributed by atoms with E-state index in [1.54, 1.807) is 9.36 Å². The maximum Gasteiger partial charge on any atom is 0.259 e. The Morgan fingerprint density at radius 3 is 1.66 bits per heavy atom. The van der Waals surface area contributed by atoms with E-state index in [2.05, 4.69) is 25.6 Å². The Morgan fingerprint density at radius 1 is 0.594 bits per heavy atom. The first-order chi connectivity index (χ1) is 15.8. The Hall–Kier alpha value is -4.73. The summed E-state index contributed by atoms with van der Waals surface area (Å²) in [7, 11) is 1.90. The van der Waals surface area contributed by atoms with Gasteiger partial charge in [-0.3, -0.25) is 0 Å². The number of aromatic nitrogens is 9.